The molecule has 0 radical (unpaired) electrons. The van der Waals surface area contributed by atoms with Gasteiger partial charge in [-0.05, 0) is 29.7 Å². The summed E-state index contributed by atoms with van der Waals surface area (Å²) in [5.74, 6) is -0.604. The van der Waals surface area contributed by atoms with Crippen LogP contribution in [0, 0.1) is 0 Å². The lowest BCUT2D eigenvalue weighted by atomic mass is 10.1. The number of nitrogens with one attached hydrogen (secondary N) is 1. The Morgan fingerprint density at radius 1 is 1.08 bits per heavy atom. The van der Waals surface area contributed by atoms with Crippen molar-refractivity contribution in [3.63, 3.8) is 0 Å². The SMILES string of the molecule is COC(=O)[C@H](Cc1cccc(Br)c1)NC(=O)CCc1ccccc1. The van der Waals surface area contributed by atoms with Gasteiger partial charge in [0.25, 0.3) is 0 Å². The van der Waals surface area contributed by atoms with Crippen LogP contribution in [0.3, 0.4) is 0 Å². The third-order valence-electron chi connectivity index (χ3n) is 3.63. The number of carbonyl (C=O) groups excluding carboxylic acids is 2. The Bertz CT molecular complexity index is 688. The summed E-state index contributed by atoms with van der Waals surface area (Å²) in [4.78, 5) is 24.1. The van der Waals surface area contributed by atoms with Crippen LogP contribution < -0.4 is 5.32 Å². The first-order chi connectivity index (χ1) is 11.6. The molecular formula is C19H20BrNO3. The predicted octanol–water partition coefficient (Wildman–Crippen LogP) is 3.28. The molecular weight excluding hydrogens is 370 g/mol. The van der Waals surface area contributed by atoms with E-state index in [0.29, 0.717) is 19.3 Å². The molecule has 0 fully saturated rings. The molecule has 0 bridgehead atoms. The van der Waals surface area contributed by atoms with Crippen LogP contribution in [0.15, 0.2) is 59.1 Å². The summed E-state index contributed by atoms with van der Waals surface area (Å²) in [5, 5.41) is 2.78. The van der Waals surface area contributed by atoms with E-state index in [-0.39, 0.29) is 5.91 Å². The molecule has 0 saturated heterocycles. The largest absolute Gasteiger partial charge is 0.467 e. The first-order valence-electron chi connectivity index (χ1n) is 7.74. The van der Waals surface area contributed by atoms with Gasteiger partial charge in [-0.1, -0.05) is 58.4 Å². The Hall–Kier alpha value is -2.14. The molecule has 0 aromatic heterocycles. The minimum Gasteiger partial charge on any atom is -0.467 e. The van der Waals surface area contributed by atoms with E-state index in [9.17, 15) is 9.59 Å². The molecule has 0 unspecified atom stereocenters. The van der Waals surface area contributed by atoms with Gasteiger partial charge in [0, 0.05) is 17.3 Å². The van der Waals surface area contributed by atoms with Crippen LogP contribution in [-0.4, -0.2) is 25.0 Å². The third kappa shape index (κ3) is 5.81. The van der Waals surface area contributed by atoms with Crippen LogP contribution in [0.25, 0.3) is 0 Å². The van der Waals surface area contributed by atoms with Crippen molar-refractivity contribution in [2.45, 2.75) is 25.3 Å². The molecule has 0 aliphatic heterocycles. The molecule has 24 heavy (non-hydrogen) atoms. The van der Waals surface area contributed by atoms with Crippen molar-refractivity contribution in [3.8, 4) is 0 Å². The molecule has 0 aliphatic rings. The number of methoxy groups -OCH3 is 1. The van der Waals surface area contributed by atoms with Crippen LogP contribution in [0.5, 0.6) is 0 Å². The predicted molar refractivity (Wildman–Crippen MR) is 96.6 cm³/mol. The van der Waals surface area contributed by atoms with E-state index in [1.54, 1.807) is 0 Å². The van der Waals surface area contributed by atoms with Crippen LogP contribution in [0.2, 0.25) is 0 Å². The van der Waals surface area contributed by atoms with Gasteiger partial charge in [-0.25, -0.2) is 4.79 Å². The number of hydrogen-bond acceptors (Lipinski definition) is 3. The molecule has 4 nitrogen and oxygen atoms in total. The zero-order valence-corrected chi connectivity index (χ0v) is 15.1. The molecule has 0 heterocycles. The quantitative estimate of drug-likeness (QED) is 0.739. The van der Waals surface area contributed by atoms with Gasteiger partial charge in [0.2, 0.25) is 5.91 Å². The first-order valence-corrected chi connectivity index (χ1v) is 8.53. The summed E-state index contributed by atoms with van der Waals surface area (Å²) < 4.78 is 5.74. The lowest BCUT2D eigenvalue weighted by Gasteiger charge is -2.17. The topological polar surface area (TPSA) is 55.4 Å². The molecule has 1 N–H and O–H groups in total. The molecule has 0 spiro atoms. The van der Waals surface area contributed by atoms with Crippen molar-refractivity contribution in [2.24, 2.45) is 0 Å². The Balaban J connectivity index is 1.95. The fourth-order valence-corrected chi connectivity index (χ4v) is 2.85. The highest BCUT2D eigenvalue weighted by Gasteiger charge is 2.21. The molecule has 0 aliphatic carbocycles. The highest BCUT2D eigenvalue weighted by Crippen LogP contribution is 2.14. The van der Waals surface area contributed by atoms with Crippen LogP contribution in [-0.2, 0) is 27.2 Å². The average molecular weight is 390 g/mol. The average Bonchev–Trinajstić information content (AvgIpc) is 2.59. The number of carbonyl (C=O) groups is 2. The van der Waals surface area contributed by atoms with E-state index in [2.05, 4.69) is 21.2 Å². The summed E-state index contributed by atoms with van der Waals surface area (Å²) in [6, 6.07) is 16.7. The zero-order chi connectivity index (χ0) is 17.4. The normalized spacial score (nSPS) is 11.6. The summed E-state index contributed by atoms with van der Waals surface area (Å²) in [6.45, 7) is 0. The van der Waals surface area contributed by atoms with E-state index in [1.807, 2.05) is 54.6 Å². The van der Waals surface area contributed by atoms with Gasteiger partial charge in [-0.2, -0.15) is 0 Å². The highest BCUT2D eigenvalue weighted by atomic mass is 79.9. The van der Waals surface area contributed by atoms with Crippen molar-refractivity contribution in [1.82, 2.24) is 5.32 Å². The summed E-state index contributed by atoms with van der Waals surface area (Å²) in [5.41, 5.74) is 2.04. The maximum absolute atomic E-state index is 12.2. The van der Waals surface area contributed by atoms with Crippen molar-refractivity contribution >= 4 is 27.8 Å². The first kappa shape index (κ1) is 18.2. The minimum atomic E-state index is -0.687. The molecule has 2 rings (SSSR count). The van der Waals surface area contributed by atoms with Gasteiger partial charge < -0.3 is 10.1 Å². The highest BCUT2D eigenvalue weighted by molar-refractivity contribution is 9.10. The Morgan fingerprint density at radius 2 is 1.79 bits per heavy atom. The fraction of sp³-hybridized carbons (Fsp3) is 0.263. The molecule has 1 atom stereocenters. The molecule has 126 valence electrons. The second-order valence-electron chi connectivity index (χ2n) is 5.46. The second kappa shape index (κ2) is 9.23. The maximum Gasteiger partial charge on any atom is 0.328 e. The van der Waals surface area contributed by atoms with Crippen molar-refractivity contribution in [2.75, 3.05) is 7.11 Å². The number of amides is 1. The van der Waals surface area contributed by atoms with Crippen molar-refractivity contribution in [1.29, 1.82) is 0 Å². The van der Waals surface area contributed by atoms with Gasteiger partial charge in [0.1, 0.15) is 6.04 Å². The van der Waals surface area contributed by atoms with E-state index in [4.69, 9.17) is 4.74 Å². The number of esters is 1. The van der Waals surface area contributed by atoms with Gasteiger partial charge in [-0.3, -0.25) is 4.79 Å². The minimum absolute atomic E-state index is 0.163. The number of rotatable bonds is 7. The van der Waals surface area contributed by atoms with E-state index in [0.717, 1.165) is 15.6 Å². The Labute approximate surface area is 150 Å². The van der Waals surface area contributed by atoms with Crippen molar-refractivity contribution < 1.29 is 14.3 Å². The summed E-state index contributed by atoms with van der Waals surface area (Å²) in [7, 11) is 1.33. The zero-order valence-electron chi connectivity index (χ0n) is 13.5. The lowest BCUT2D eigenvalue weighted by molar-refractivity contribution is -0.145. The maximum atomic E-state index is 12.2. The molecule has 2 aromatic rings. The van der Waals surface area contributed by atoms with Crippen LogP contribution in [0.4, 0.5) is 0 Å². The standard InChI is InChI=1S/C19H20BrNO3/c1-24-19(23)17(13-15-8-5-9-16(20)12-15)21-18(22)11-10-14-6-3-2-4-7-14/h2-9,12,17H,10-11,13H2,1H3,(H,21,22)/t17-/m0/s1. The number of benzene rings is 2. The second-order valence-corrected chi connectivity index (χ2v) is 6.38. The molecule has 5 heteroatoms. The number of aryl methyl sites for hydroxylation is 1. The molecule has 0 saturated carbocycles. The monoisotopic (exact) mass is 389 g/mol. The van der Waals surface area contributed by atoms with E-state index < -0.39 is 12.0 Å². The van der Waals surface area contributed by atoms with Crippen LogP contribution >= 0.6 is 15.9 Å². The Kier molecular flexibility index (Phi) is 7.00. The number of hydrogen-bond donors (Lipinski definition) is 1. The van der Waals surface area contributed by atoms with Gasteiger partial charge in [0.15, 0.2) is 0 Å². The van der Waals surface area contributed by atoms with Crippen molar-refractivity contribution in [3.05, 3.63) is 70.2 Å². The number of halogens is 1. The lowest BCUT2D eigenvalue weighted by Crippen LogP contribution is -2.43. The Morgan fingerprint density at radius 3 is 2.46 bits per heavy atom. The summed E-state index contributed by atoms with van der Waals surface area (Å²) >= 11 is 3.40. The van der Waals surface area contributed by atoms with Gasteiger partial charge in [0.05, 0.1) is 7.11 Å². The van der Waals surface area contributed by atoms with Gasteiger partial charge in [-0.15, -0.1) is 0 Å². The van der Waals surface area contributed by atoms with E-state index >= 15 is 0 Å². The van der Waals surface area contributed by atoms with Gasteiger partial charge >= 0.3 is 5.97 Å². The smallest absolute Gasteiger partial charge is 0.328 e. The summed E-state index contributed by atoms with van der Waals surface area (Å²) in [6.07, 6.45) is 1.36. The third-order valence-corrected chi connectivity index (χ3v) is 4.13. The van der Waals surface area contributed by atoms with E-state index in [1.165, 1.54) is 7.11 Å². The number of ether oxygens (including phenoxy) is 1. The van der Waals surface area contributed by atoms with Crippen LogP contribution in [0.1, 0.15) is 17.5 Å². The molecule has 1 amide bonds. The fourth-order valence-electron chi connectivity index (χ4n) is 2.40. The molecule has 2 aromatic carbocycles.